The monoisotopic (exact) mass is 422 g/mol. The molecule has 8 heteroatoms. The Labute approximate surface area is 180 Å². The molecule has 0 amide bonds. The first-order valence-corrected chi connectivity index (χ1v) is 10.9. The molecule has 2 N–H and O–H groups in total. The molecule has 0 spiro atoms. The van der Waals surface area contributed by atoms with Gasteiger partial charge in [-0.15, -0.1) is 0 Å². The van der Waals surface area contributed by atoms with Crippen LogP contribution in [-0.2, 0) is 0 Å². The predicted molar refractivity (Wildman–Crippen MR) is 122 cm³/mol. The number of halogens is 1. The van der Waals surface area contributed by atoms with Crippen molar-refractivity contribution in [1.29, 1.82) is 0 Å². The van der Waals surface area contributed by atoms with Gasteiger partial charge >= 0.3 is 0 Å². The Bertz CT molecular complexity index is 700. The van der Waals surface area contributed by atoms with Crippen LogP contribution in [0.5, 0.6) is 5.75 Å². The fourth-order valence-corrected chi connectivity index (χ4v) is 4.18. The van der Waals surface area contributed by atoms with E-state index >= 15 is 0 Å². The number of rotatable bonds is 6. The highest BCUT2D eigenvalue weighted by atomic mass is 35.5. The maximum absolute atomic E-state index is 6.22. The van der Waals surface area contributed by atoms with E-state index in [1.165, 1.54) is 0 Å². The highest BCUT2D eigenvalue weighted by Crippen LogP contribution is 2.33. The van der Waals surface area contributed by atoms with E-state index in [1.54, 1.807) is 7.11 Å². The van der Waals surface area contributed by atoms with Crippen LogP contribution in [0.15, 0.2) is 23.2 Å². The maximum Gasteiger partial charge on any atom is 0.191 e. The summed E-state index contributed by atoms with van der Waals surface area (Å²) >= 11 is 6.22. The summed E-state index contributed by atoms with van der Waals surface area (Å²) in [5.74, 6) is 1.76. The number of piperazine rings is 1. The molecule has 7 nitrogen and oxygen atoms in total. The fraction of sp³-hybridized carbons (Fsp3) is 0.667. The van der Waals surface area contributed by atoms with Gasteiger partial charge < -0.3 is 25.2 Å². The molecule has 2 saturated heterocycles. The molecule has 1 aromatic rings. The summed E-state index contributed by atoms with van der Waals surface area (Å²) < 4.78 is 5.53. The van der Waals surface area contributed by atoms with Crippen molar-refractivity contribution in [3.8, 4) is 5.75 Å². The van der Waals surface area contributed by atoms with E-state index in [0.29, 0.717) is 12.1 Å². The molecular formula is C21H35ClN6O. The summed E-state index contributed by atoms with van der Waals surface area (Å²) in [7, 11) is 6.08. The van der Waals surface area contributed by atoms with Crippen molar-refractivity contribution in [3.05, 3.63) is 23.2 Å². The topological polar surface area (TPSA) is 55.4 Å². The number of aliphatic imine (C=N–C) groups is 1. The Balaban J connectivity index is 1.61. The summed E-state index contributed by atoms with van der Waals surface area (Å²) in [6.45, 7) is 8.90. The second-order valence-corrected chi connectivity index (χ2v) is 8.44. The lowest BCUT2D eigenvalue weighted by Crippen LogP contribution is -2.52. The summed E-state index contributed by atoms with van der Waals surface area (Å²) in [6, 6.07) is 6.58. The first-order chi connectivity index (χ1) is 14.0. The van der Waals surface area contributed by atoms with Crippen LogP contribution in [0, 0.1) is 0 Å². The lowest BCUT2D eigenvalue weighted by molar-refractivity contribution is 0.119. The summed E-state index contributed by atoms with van der Waals surface area (Å²) in [4.78, 5) is 12.0. The number of hydrogen-bond donors (Lipinski definition) is 2. The van der Waals surface area contributed by atoms with Crippen LogP contribution in [0.4, 0.5) is 5.69 Å². The van der Waals surface area contributed by atoms with Gasteiger partial charge in [0, 0.05) is 56.4 Å². The van der Waals surface area contributed by atoms with Crippen molar-refractivity contribution >= 4 is 23.2 Å². The molecule has 2 atom stereocenters. The number of ether oxygens (including phenoxy) is 1. The van der Waals surface area contributed by atoms with Gasteiger partial charge in [-0.05, 0) is 45.6 Å². The summed E-state index contributed by atoms with van der Waals surface area (Å²) in [6.07, 6.45) is 1.05. The molecule has 2 aliphatic heterocycles. The molecule has 0 radical (unpaired) electrons. The van der Waals surface area contributed by atoms with E-state index in [9.17, 15) is 0 Å². The molecule has 2 unspecified atom stereocenters. The zero-order valence-corrected chi connectivity index (χ0v) is 18.9. The number of methoxy groups -OCH3 is 1. The maximum atomic E-state index is 6.22. The first kappa shape index (κ1) is 22.0. The second-order valence-electron chi connectivity index (χ2n) is 8.01. The fourth-order valence-electron chi connectivity index (χ4n) is 4.02. The predicted octanol–water partition coefficient (Wildman–Crippen LogP) is 1.73. The minimum atomic E-state index is 0.336. The van der Waals surface area contributed by atoms with Gasteiger partial charge in [-0.3, -0.25) is 9.89 Å². The average molecular weight is 423 g/mol. The largest absolute Gasteiger partial charge is 0.495 e. The van der Waals surface area contributed by atoms with Crippen LogP contribution >= 0.6 is 11.6 Å². The lowest BCUT2D eigenvalue weighted by Gasteiger charge is -2.37. The van der Waals surface area contributed by atoms with Gasteiger partial charge in [0.2, 0.25) is 0 Å². The second kappa shape index (κ2) is 10.4. The smallest absolute Gasteiger partial charge is 0.191 e. The highest BCUT2D eigenvalue weighted by Gasteiger charge is 2.26. The number of nitrogens with one attached hydrogen (secondary N) is 2. The van der Waals surface area contributed by atoms with E-state index in [2.05, 4.69) is 46.4 Å². The summed E-state index contributed by atoms with van der Waals surface area (Å²) in [5, 5.41) is 7.76. The molecule has 0 saturated carbocycles. The lowest BCUT2D eigenvalue weighted by atomic mass is 10.2. The Kier molecular flexibility index (Phi) is 7.86. The Morgan fingerprint density at radius 3 is 2.83 bits per heavy atom. The molecule has 2 heterocycles. The van der Waals surface area contributed by atoms with Gasteiger partial charge in [0.25, 0.3) is 0 Å². The first-order valence-electron chi connectivity index (χ1n) is 10.5. The van der Waals surface area contributed by atoms with Gasteiger partial charge in [0.1, 0.15) is 5.75 Å². The molecule has 0 bridgehead atoms. The van der Waals surface area contributed by atoms with Crippen LogP contribution in [-0.4, -0.2) is 94.9 Å². The number of nitrogens with zero attached hydrogens (tertiary/aromatic N) is 4. The van der Waals surface area contributed by atoms with Crippen molar-refractivity contribution in [2.75, 3.05) is 71.9 Å². The van der Waals surface area contributed by atoms with Crippen molar-refractivity contribution in [2.45, 2.75) is 25.4 Å². The van der Waals surface area contributed by atoms with Crippen LogP contribution in [0.1, 0.15) is 13.3 Å². The van der Waals surface area contributed by atoms with E-state index in [0.717, 1.165) is 74.7 Å². The number of guanidine groups is 1. The molecular weight excluding hydrogens is 388 g/mol. The van der Waals surface area contributed by atoms with Gasteiger partial charge in [0.05, 0.1) is 19.3 Å². The van der Waals surface area contributed by atoms with Crippen LogP contribution in [0.2, 0.25) is 5.02 Å². The van der Waals surface area contributed by atoms with E-state index in [4.69, 9.17) is 21.3 Å². The third kappa shape index (κ3) is 5.90. The third-order valence-corrected chi connectivity index (χ3v) is 6.03. The molecule has 2 fully saturated rings. The van der Waals surface area contributed by atoms with E-state index < -0.39 is 0 Å². The van der Waals surface area contributed by atoms with Gasteiger partial charge in [0.15, 0.2) is 5.96 Å². The standard InChI is InChI=1S/C21H35ClN6O/c1-5-23-21(24-13-18-15-26(2)10-11-27(18)3)25-17-8-9-28(14-17)19-12-16(22)6-7-20(19)29-4/h6-7,12,17-18H,5,8-11,13-15H2,1-4H3,(H2,23,24,25). The van der Waals surface area contributed by atoms with Crippen molar-refractivity contribution < 1.29 is 4.74 Å². The normalized spacial score (nSPS) is 24.0. The van der Waals surface area contributed by atoms with Crippen LogP contribution < -0.4 is 20.3 Å². The number of hydrogen-bond acceptors (Lipinski definition) is 5. The minimum absolute atomic E-state index is 0.336. The molecule has 0 aliphatic carbocycles. The van der Waals surface area contributed by atoms with Crippen LogP contribution in [0.25, 0.3) is 0 Å². The van der Waals surface area contributed by atoms with Crippen molar-refractivity contribution in [1.82, 2.24) is 20.4 Å². The Hall–Kier alpha value is -1.70. The number of likely N-dealkylation sites (N-methyl/N-ethyl adjacent to an activating group) is 2. The minimum Gasteiger partial charge on any atom is -0.495 e. The van der Waals surface area contributed by atoms with Gasteiger partial charge in [-0.2, -0.15) is 0 Å². The quantitative estimate of drug-likeness (QED) is 0.538. The van der Waals surface area contributed by atoms with Gasteiger partial charge in [-0.1, -0.05) is 11.6 Å². The van der Waals surface area contributed by atoms with Crippen molar-refractivity contribution in [2.24, 2.45) is 4.99 Å². The molecule has 0 aromatic heterocycles. The number of anilines is 1. The summed E-state index contributed by atoms with van der Waals surface area (Å²) in [5.41, 5.74) is 1.05. The third-order valence-electron chi connectivity index (χ3n) is 5.80. The zero-order chi connectivity index (χ0) is 20.8. The van der Waals surface area contributed by atoms with Crippen LogP contribution in [0.3, 0.4) is 0 Å². The SMILES string of the molecule is CCNC(=NCC1CN(C)CCN1C)NC1CCN(c2cc(Cl)ccc2OC)C1. The Morgan fingerprint density at radius 2 is 2.07 bits per heavy atom. The molecule has 2 aliphatic rings. The average Bonchev–Trinajstić information content (AvgIpc) is 3.17. The molecule has 162 valence electrons. The van der Waals surface area contributed by atoms with E-state index in [-0.39, 0.29) is 0 Å². The van der Waals surface area contributed by atoms with Gasteiger partial charge in [-0.25, -0.2) is 0 Å². The molecule has 3 rings (SSSR count). The van der Waals surface area contributed by atoms with Crippen molar-refractivity contribution in [3.63, 3.8) is 0 Å². The highest BCUT2D eigenvalue weighted by molar-refractivity contribution is 6.30. The molecule has 29 heavy (non-hydrogen) atoms. The zero-order valence-electron chi connectivity index (χ0n) is 18.1. The number of benzene rings is 1. The molecule has 1 aromatic carbocycles. The Morgan fingerprint density at radius 1 is 1.24 bits per heavy atom. The van der Waals surface area contributed by atoms with E-state index in [1.807, 2.05) is 18.2 Å².